The zero-order chi connectivity index (χ0) is 19.2. The molecule has 2 atom stereocenters. The second kappa shape index (κ2) is 6.72. The first-order valence-corrected chi connectivity index (χ1v) is 9.39. The van der Waals surface area contributed by atoms with Gasteiger partial charge in [-0.2, -0.15) is 0 Å². The maximum Gasteiger partial charge on any atom is 0.176 e. The summed E-state index contributed by atoms with van der Waals surface area (Å²) in [6.45, 7) is 15.7. The van der Waals surface area contributed by atoms with Gasteiger partial charge in [0.05, 0.1) is 6.04 Å². The van der Waals surface area contributed by atoms with E-state index in [1.807, 2.05) is 19.0 Å². The largest absolute Gasteiger partial charge is 0.299 e. The van der Waals surface area contributed by atoms with Crippen molar-refractivity contribution in [2.24, 2.45) is 5.92 Å². The Morgan fingerprint density at radius 1 is 1.04 bits per heavy atom. The summed E-state index contributed by atoms with van der Waals surface area (Å²) in [7, 11) is 3.99. The summed E-state index contributed by atoms with van der Waals surface area (Å²) >= 11 is 0. The van der Waals surface area contributed by atoms with E-state index in [-0.39, 0.29) is 22.7 Å². The number of rotatable bonds is 2. The maximum atomic E-state index is 12.8. The van der Waals surface area contributed by atoms with Gasteiger partial charge in [-0.1, -0.05) is 66.7 Å². The Kier molecular flexibility index (Phi) is 5.35. The second-order valence-electron chi connectivity index (χ2n) is 9.88. The van der Waals surface area contributed by atoms with Crippen LogP contribution < -0.4 is 0 Å². The van der Waals surface area contributed by atoms with Crippen molar-refractivity contribution in [3.8, 4) is 0 Å². The molecule has 2 nitrogen and oxygen atoms in total. The summed E-state index contributed by atoms with van der Waals surface area (Å²) in [5.74, 6) is 0.604. The minimum Gasteiger partial charge on any atom is -0.299 e. The minimum atomic E-state index is 0.0215. The van der Waals surface area contributed by atoms with Crippen LogP contribution in [0.1, 0.15) is 71.6 Å². The molecule has 0 amide bonds. The molecule has 1 aromatic rings. The zero-order valence-electron chi connectivity index (χ0n) is 17.5. The predicted molar refractivity (Wildman–Crippen MR) is 108 cm³/mol. The standard InChI is InChI=1S/C23H35NO/c1-15-12-20(24(8)9)21(25)18(15)13-16-10-11-17(22(2,3)4)14-19(16)23(5,6)7/h10-11,13-15,20H,12H2,1-9H3. The first-order chi connectivity index (χ1) is 11.3. The lowest BCUT2D eigenvalue weighted by Crippen LogP contribution is -2.31. The van der Waals surface area contributed by atoms with Crippen LogP contribution in [0.25, 0.3) is 6.08 Å². The molecule has 2 heteroatoms. The predicted octanol–water partition coefficient (Wildman–Crippen LogP) is 5.20. The minimum absolute atomic E-state index is 0.0215. The van der Waals surface area contributed by atoms with Gasteiger partial charge < -0.3 is 0 Å². The lowest BCUT2D eigenvalue weighted by molar-refractivity contribution is -0.118. The van der Waals surface area contributed by atoms with E-state index in [1.54, 1.807) is 0 Å². The highest BCUT2D eigenvalue weighted by Gasteiger charge is 2.36. The molecule has 138 valence electrons. The van der Waals surface area contributed by atoms with Gasteiger partial charge in [0, 0.05) is 5.57 Å². The second-order valence-corrected chi connectivity index (χ2v) is 9.88. The van der Waals surface area contributed by atoms with Gasteiger partial charge in [-0.15, -0.1) is 0 Å². The van der Waals surface area contributed by atoms with Crippen LogP contribution in [0.3, 0.4) is 0 Å². The van der Waals surface area contributed by atoms with Gasteiger partial charge in [0.1, 0.15) is 0 Å². The third kappa shape index (κ3) is 4.23. The highest BCUT2D eigenvalue weighted by atomic mass is 16.1. The number of hydrogen-bond acceptors (Lipinski definition) is 2. The molecule has 1 aliphatic rings. The van der Waals surface area contributed by atoms with Crippen LogP contribution in [0.5, 0.6) is 0 Å². The smallest absolute Gasteiger partial charge is 0.176 e. The highest BCUT2D eigenvalue weighted by Crippen LogP contribution is 2.36. The summed E-state index contributed by atoms with van der Waals surface area (Å²) < 4.78 is 0. The fraction of sp³-hybridized carbons (Fsp3) is 0.609. The molecule has 1 saturated carbocycles. The molecule has 1 aromatic carbocycles. The van der Waals surface area contributed by atoms with Crippen molar-refractivity contribution < 1.29 is 4.79 Å². The Bertz CT molecular complexity index is 683. The number of nitrogens with zero attached hydrogens (tertiary/aromatic N) is 1. The summed E-state index contributed by atoms with van der Waals surface area (Å²) in [6.07, 6.45) is 3.08. The topological polar surface area (TPSA) is 20.3 Å². The summed E-state index contributed by atoms with van der Waals surface area (Å²) in [4.78, 5) is 14.9. The van der Waals surface area contributed by atoms with Crippen molar-refractivity contribution in [2.45, 2.75) is 71.8 Å². The third-order valence-corrected chi connectivity index (χ3v) is 5.36. The number of hydrogen-bond donors (Lipinski definition) is 0. The average molecular weight is 342 g/mol. The Hall–Kier alpha value is -1.41. The van der Waals surface area contributed by atoms with E-state index < -0.39 is 0 Å². The fourth-order valence-corrected chi connectivity index (χ4v) is 3.63. The molecular weight excluding hydrogens is 306 g/mol. The van der Waals surface area contributed by atoms with E-state index in [4.69, 9.17) is 0 Å². The molecule has 0 aliphatic heterocycles. The van der Waals surface area contributed by atoms with Crippen molar-refractivity contribution in [1.29, 1.82) is 0 Å². The molecule has 0 radical (unpaired) electrons. The van der Waals surface area contributed by atoms with E-state index in [0.717, 1.165) is 12.0 Å². The van der Waals surface area contributed by atoms with E-state index in [2.05, 4.69) is 72.7 Å². The van der Waals surface area contributed by atoms with Crippen LogP contribution in [-0.4, -0.2) is 30.8 Å². The Balaban J connectivity index is 2.54. The quantitative estimate of drug-likeness (QED) is 0.689. The van der Waals surface area contributed by atoms with Crippen molar-refractivity contribution in [1.82, 2.24) is 4.90 Å². The highest BCUT2D eigenvalue weighted by molar-refractivity contribution is 6.05. The number of likely N-dealkylation sites (N-methyl/N-ethyl adjacent to an activating group) is 1. The van der Waals surface area contributed by atoms with E-state index in [1.165, 1.54) is 16.7 Å². The normalized spacial score (nSPS) is 23.8. The lowest BCUT2D eigenvalue weighted by atomic mass is 9.78. The first-order valence-electron chi connectivity index (χ1n) is 9.39. The van der Waals surface area contributed by atoms with Crippen molar-refractivity contribution >= 4 is 11.9 Å². The summed E-state index contributed by atoms with van der Waals surface area (Å²) in [5, 5.41) is 0. The first kappa shape index (κ1) is 19.9. The molecule has 0 N–H and O–H groups in total. The Morgan fingerprint density at radius 3 is 2.08 bits per heavy atom. The van der Waals surface area contributed by atoms with Crippen molar-refractivity contribution in [2.75, 3.05) is 14.1 Å². The van der Waals surface area contributed by atoms with Crippen LogP contribution in [0, 0.1) is 5.92 Å². The zero-order valence-corrected chi connectivity index (χ0v) is 17.5. The van der Waals surface area contributed by atoms with Crippen LogP contribution in [0.15, 0.2) is 23.8 Å². The maximum absolute atomic E-state index is 12.8. The van der Waals surface area contributed by atoms with Gasteiger partial charge in [-0.25, -0.2) is 0 Å². The number of benzene rings is 1. The molecule has 0 saturated heterocycles. The SMILES string of the molecule is CC1CC(N(C)C)C(=O)C1=Cc1ccc(C(C)(C)C)cc1C(C)(C)C. The molecule has 1 aliphatic carbocycles. The molecule has 2 rings (SSSR count). The van der Waals surface area contributed by atoms with Gasteiger partial charge in [0.2, 0.25) is 0 Å². The summed E-state index contributed by atoms with van der Waals surface area (Å²) in [5.41, 5.74) is 5.00. The van der Waals surface area contributed by atoms with Gasteiger partial charge >= 0.3 is 0 Å². The molecule has 2 unspecified atom stereocenters. The van der Waals surface area contributed by atoms with E-state index in [0.29, 0.717) is 5.92 Å². The number of ketones is 1. The molecular formula is C23H35NO. The third-order valence-electron chi connectivity index (χ3n) is 5.36. The van der Waals surface area contributed by atoms with Crippen molar-refractivity contribution in [3.05, 3.63) is 40.5 Å². The van der Waals surface area contributed by atoms with Crippen LogP contribution in [0.4, 0.5) is 0 Å². The monoisotopic (exact) mass is 341 g/mol. The van der Waals surface area contributed by atoms with Gasteiger partial charge in [-0.3, -0.25) is 9.69 Å². The molecule has 0 aromatic heterocycles. The number of Topliss-reactive ketones (excluding diaryl/α,β-unsaturated/α-hetero) is 1. The van der Waals surface area contributed by atoms with Gasteiger partial charge in [0.25, 0.3) is 0 Å². The van der Waals surface area contributed by atoms with Crippen molar-refractivity contribution in [3.63, 3.8) is 0 Å². The molecule has 1 fully saturated rings. The Morgan fingerprint density at radius 2 is 1.64 bits per heavy atom. The van der Waals surface area contributed by atoms with Gasteiger partial charge in [0.15, 0.2) is 5.78 Å². The van der Waals surface area contributed by atoms with Crippen LogP contribution in [0.2, 0.25) is 0 Å². The molecule has 0 spiro atoms. The fourth-order valence-electron chi connectivity index (χ4n) is 3.63. The van der Waals surface area contributed by atoms with Crippen LogP contribution >= 0.6 is 0 Å². The summed E-state index contributed by atoms with van der Waals surface area (Å²) in [6, 6.07) is 6.78. The van der Waals surface area contributed by atoms with E-state index in [9.17, 15) is 4.79 Å². The Labute approximate surface area is 154 Å². The molecule has 25 heavy (non-hydrogen) atoms. The van der Waals surface area contributed by atoms with E-state index >= 15 is 0 Å². The molecule has 0 heterocycles. The lowest BCUT2D eigenvalue weighted by Gasteiger charge is -2.27. The van der Waals surface area contributed by atoms with Crippen LogP contribution in [-0.2, 0) is 15.6 Å². The number of carbonyl (C=O) groups is 1. The van der Waals surface area contributed by atoms with Gasteiger partial charge in [-0.05, 0) is 60.0 Å². The average Bonchev–Trinajstić information content (AvgIpc) is 2.73. The molecule has 0 bridgehead atoms. The number of carbonyl (C=O) groups excluding carboxylic acids is 1.